The molecular formula is C17H30N2O4. The van der Waals surface area contributed by atoms with Gasteiger partial charge in [0.25, 0.3) is 0 Å². The van der Waals surface area contributed by atoms with Crippen LogP contribution in [0.3, 0.4) is 0 Å². The highest BCUT2D eigenvalue weighted by Crippen LogP contribution is 2.17. The van der Waals surface area contributed by atoms with Gasteiger partial charge < -0.3 is 15.4 Å². The molecule has 2 N–H and O–H groups in total. The number of carbonyl (C=O) groups excluding carboxylic acids is 3. The zero-order valence-electron chi connectivity index (χ0n) is 14.4. The predicted molar refractivity (Wildman–Crippen MR) is 87.7 cm³/mol. The van der Waals surface area contributed by atoms with Crippen LogP contribution in [0.15, 0.2) is 0 Å². The van der Waals surface area contributed by atoms with Gasteiger partial charge in [0.2, 0.25) is 11.8 Å². The van der Waals surface area contributed by atoms with Crippen LogP contribution in [0, 0.1) is 0 Å². The van der Waals surface area contributed by atoms with E-state index in [1.807, 2.05) is 6.92 Å². The van der Waals surface area contributed by atoms with Gasteiger partial charge in [-0.1, -0.05) is 26.2 Å². The summed E-state index contributed by atoms with van der Waals surface area (Å²) in [7, 11) is 0. The van der Waals surface area contributed by atoms with Crippen molar-refractivity contribution in [2.45, 2.75) is 83.7 Å². The summed E-state index contributed by atoms with van der Waals surface area (Å²) in [5, 5.41) is 5.81. The highest BCUT2D eigenvalue weighted by atomic mass is 16.5. The second kappa shape index (κ2) is 11.0. The van der Waals surface area contributed by atoms with Gasteiger partial charge in [0.15, 0.2) is 0 Å². The molecule has 1 aliphatic rings. The Bertz CT molecular complexity index is 392. The standard InChI is InChI=1S/C17H30N2O4/c1-3-7-14(12-17(22)23-4-2)19-16(21)11-10-15(20)18-13-8-5-6-9-13/h13-14H,3-12H2,1-2H3,(H,18,20)(H,19,21)/t14-/m0/s1. The molecule has 1 rings (SSSR count). The zero-order valence-corrected chi connectivity index (χ0v) is 14.4. The van der Waals surface area contributed by atoms with Crippen LogP contribution < -0.4 is 10.6 Å². The smallest absolute Gasteiger partial charge is 0.307 e. The fourth-order valence-electron chi connectivity index (χ4n) is 2.89. The molecule has 23 heavy (non-hydrogen) atoms. The minimum Gasteiger partial charge on any atom is -0.466 e. The summed E-state index contributed by atoms with van der Waals surface area (Å²) >= 11 is 0. The first-order chi connectivity index (χ1) is 11.0. The molecule has 0 aliphatic heterocycles. The van der Waals surface area contributed by atoms with Crippen LogP contribution in [-0.2, 0) is 19.1 Å². The molecule has 0 bridgehead atoms. The Labute approximate surface area is 138 Å². The van der Waals surface area contributed by atoms with Gasteiger partial charge in [0.1, 0.15) is 0 Å². The summed E-state index contributed by atoms with van der Waals surface area (Å²) in [6.07, 6.45) is 6.53. The molecule has 0 aromatic heterocycles. The molecule has 0 unspecified atom stereocenters. The molecule has 1 fully saturated rings. The molecular weight excluding hydrogens is 296 g/mol. The van der Waals surface area contributed by atoms with Gasteiger partial charge in [-0.2, -0.15) is 0 Å². The summed E-state index contributed by atoms with van der Waals surface area (Å²) in [6.45, 7) is 4.10. The number of carbonyl (C=O) groups is 3. The van der Waals surface area contributed by atoms with E-state index >= 15 is 0 Å². The lowest BCUT2D eigenvalue weighted by Gasteiger charge is -2.17. The Balaban J connectivity index is 2.27. The average molecular weight is 326 g/mol. The summed E-state index contributed by atoms with van der Waals surface area (Å²) in [5.74, 6) is -0.552. The Morgan fingerprint density at radius 2 is 1.74 bits per heavy atom. The Hall–Kier alpha value is -1.59. The minimum absolute atomic E-state index is 0.0653. The van der Waals surface area contributed by atoms with E-state index in [2.05, 4.69) is 10.6 Å². The van der Waals surface area contributed by atoms with E-state index < -0.39 is 0 Å². The SMILES string of the molecule is CCC[C@@H](CC(=O)OCC)NC(=O)CCC(=O)NC1CCCC1. The number of esters is 1. The van der Waals surface area contributed by atoms with Crippen LogP contribution in [0.4, 0.5) is 0 Å². The van der Waals surface area contributed by atoms with Crippen molar-refractivity contribution in [1.82, 2.24) is 10.6 Å². The number of rotatable bonds is 10. The fraction of sp³-hybridized carbons (Fsp3) is 0.824. The topological polar surface area (TPSA) is 84.5 Å². The summed E-state index contributed by atoms with van der Waals surface area (Å²) in [6, 6.07) is 0.0617. The molecule has 0 saturated heterocycles. The van der Waals surface area contributed by atoms with Crippen LogP contribution in [0.2, 0.25) is 0 Å². The van der Waals surface area contributed by atoms with E-state index in [-0.39, 0.29) is 49.1 Å². The molecule has 0 aromatic rings. The van der Waals surface area contributed by atoms with Crippen LogP contribution in [0.5, 0.6) is 0 Å². The van der Waals surface area contributed by atoms with E-state index in [4.69, 9.17) is 4.74 Å². The second-order valence-corrected chi connectivity index (χ2v) is 6.11. The Morgan fingerprint density at radius 3 is 2.35 bits per heavy atom. The van der Waals surface area contributed by atoms with E-state index in [1.54, 1.807) is 6.92 Å². The van der Waals surface area contributed by atoms with Crippen molar-refractivity contribution >= 4 is 17.8 Å². The maximum Gasteiger partial charge on any atom is 0.307 e. The second-order valence-electron chi connectivity index (χ2n) is 6.11. The van der Waals surface area contributed by atoms with Gasteiger partial charge in [-0.3, -0.25) is 14.4 Å². The first-order valence-electron chi connectivity index (χ1n) is 8.79. The van der Waals surface area contributed by atoms with Crippen molar-refractivity contribution in [3.63, 3.8) is 0 Å². The zero-order chi connectivity index (χ0) is 17.1. The summed E-state index contributed by atoms with van der Waals surface area (Å²) in [5.41, 5.74) is 0. The molecule has 0 aromatic carbocycles. The van der Waals surface area contributed by atoms with Gasteiger partial charge >= 0.3 is 5.97 Å². The normalized spacial score (nSPS) is 15.9. The van der Waals surface area contributed by atoms with Crippen molar-refractivity contribution < 1.29 is 19.1 Å². The molecule has 1 atom stereocenters. The maximum atomic E-state index is 12.0. The molecule has 0 spiro atoms. The van der Waals surface area contributed by atoms with Crippen LogP contribution >= 0.6 is 0 Å². The van der Waals surface area contributed by atoms with Crippen LogP contribution in [-0.4, -0.2) is 36.5 Å². The van der Waals surface area contributed by atoms with Crippen LogP contribution in [0.25, 0.3) is 0 Å². The number of ether oxygens (including phenoxy) is 1. The predicted octanol–water partition coefficient (Wildman–Crippen LogP) is 2.06. The fourth-order valence-corrected chi connectivity index (χ4v) is 2.89. The van der Waals surface area contributed by atoms with E-state index in [0.29, 0.717) is 6.61 Å². The molecule has 1 saturated carbocycles. The largest absolute Gasteiger partial charge is 0.466 e. The molecule has 2 amide bonds. The van der Waals surface area contributed by atoms with Gasteiger partial charge in [-0.15, -0.1) is 0 Å². The number of hydrogen-bond donors (Lipinski definition) is 2. The quantitative estimate of drug-likeness (QED) is 0.602. The monoisotopic (exact) mass is 326 g/mol. The van der Waals surface area contributed by atoms with Crippen molar-refractivity contribution in [3.8, 4) is 0 Å². The van der Waals surface area contributed by atoms with E-state index in [1.165, 1.54) is 0 Å². The lowest BCUT2D eigenvalue weighted by atomic mass is 10.1. The highest BCUT2D eigenvalue weighted by Gasteiger charge is 2.19. The molecule has 6 heteroatoms. The van der Waals surface area contributed by atoms with Gasteiger partial charge in [0, 0.05) is 24.9 Å². The lowest BCUT2D eigenvalue weighted by Crippen LogP contribution is -2.38. The van der Waals surface area contributed by atoms with Gasteiger partial charge in [-0.05, 0) is 26.2 Å². The third kappa shape index (κ3) is 8.57. The molecule has 0 heterocycles. The number of amides is 2. The molecule has 0 radical (unpaired) electrons. The Kier molecular flexibility index (Phi) is 9.33. The molecule has 132 valence electrons. The highest BCUT2D eigenvalue weighted by molar-refractivity contribution is 5.84. The first-order valence-corrected chi connectivity index (χ1v) is 8.79. The molecule has 6 nitrogen and oxygen atoms in total. The minimum atomic E-state index is -0.301. The molecule has 1 aliphatic carbocycles. The average Bonchev–Trinajstić information content (AvgIpc) is 2.98. The van der Waals surface area contributed by atoms with Crippen molar-refractivity contribution in [3.05, 3.63) is 0 Å². The van der Waals surface area contributed by atoms with E-state index in [0.717, 1.165) is 38.5 Å². The van der Waals surface area contributed by atoms with Gasteiger partial charge in [-0.25, -0.2) is 0 Å². The van der Waals surface area contributed by atoms with Crippen molar-refractivity contribution in [2.24, 2.45) is 0 Å². The van der Waals surface area contributed by atoms with Crippen molar-refractivity contribution in [2.75, 3.05) is 6.61 Å². The third-order valence-corrected chi connectivity index (χ3v) is 4.02. The summed E-state index contributed by atoms with van der Waals surface area (Å²) in [4.78, 5) is 35.3. The van der Waals surface area contributed by atoms with Crippen LogP contribution in [0.1, 0.15) is 71.6 Å². The number of nitrogens with one attached hydrogen (secondary N) is 2. The summed E-state index contributed by atoms with van der Waals surface area (Å²) < 4.78 is 4.92. The van der Waals surface area contributed by atoms with Crippen molar-refractivity contribution in [1.29, 1.82) is 0 Å². The van der Waals surface area contributed by atoms with E-state index in [9.17, 15) is 14.4 Å². The number of hydrogen-bond acceptors (Lipinski definition) is 4. The maximum absolute atomic E-state index is 12.0. The first kappa shape index (κ1) is 19.5. The lowest BCUT2D eigenvalue weighted by molar-refractivity contribution is -0.144. The third-order valence-electron chi connectivity index (χ3n) is 4.02. The Morgan fingerprint density at radius 1 is 1.09 bits per heavy atom. The van der Waals surface area contributed by atoms with Gasteiger partial charge in [0.05, 0.1) is 13.0 Å².